The lowest BCUT2D eigenvalue weighted by Crippen LogP contribution is -2.43. The molecule has 108 valence electrons. The Kier molecular flexibility index (Phi) is 4.52. The molecule has 0 bridgehead atoms. The molecule has 0 spiro atoms. The predicted molar refractivity (Wildman–Crippen MR) is 89.1 cm³/mol. The van der Waals surface area contributed by atoms with E-state index in [9.17, 15) is 0 Å². The van der Waals surface area contributed by atoms with Crippen molar-refractivity contribution in [2.45, 2.75) is 38.4 Å². The summed E-state index contributed by atoms with van der Waals surface area (Å²) in [5.41, 5.74) is 2.82. The molecule has 0 aromatic heterocycles. The van der Waals surface area contributed by atoms with E-state index in [0.717, 1.165) is 19.4 Å². The first-order valence-corrected chi connectivity index (χ1v) is 7.83. The molecular weight excluding hydrogens is 254 g/mol. The smallest absolute Gasteiger partial charge is 0.0325 e. The second kappa shape index (κ2) is 6.73. The molecule has 1 aliphatic heterocycles. The Hall–Kier alpha value is -1.86. The lowest BCUT2D eigenvalue weighted by atomic mass is 9.96. The van der Waals surface area contributed by atoms with Crippen molar-refractivity contribution >= 4 is 0 Å². The van der Waals surface area contributed by atoms with Crippen molar-refractivity contribution in [3.63, 3.8) is 0 Å². The molecule has 2 aromatic rings. The molecule has 1 heterocycles. The number of nitrogens with zero attached hydrogens (tertiary/aromatic N) is 1. The number of hydrogen-bond donors (Lipinski definition) is 0. The fourth-order valence-corrected chi connectivity index (χ4v) is 3.11. The summed E-state index contributed by atoms with van der Waals surface area (Å²) >= 11 is 0. The minimum atomic E-state index is 0.497. The van der Waals surface area contributed by atoms with Crippen LogP contribution in [0.1, 0.15) is 24.5 Å². The van der Waals surface area contributed by atoms with E-state index >= 15 is 0 Å². The van der Waals surface area contributed by atoms with Gasteiger partial charge in [-0.15, -0.1) is 0 Å². The third-order valence-electron chi connectivity index (χ3n) is 4.32. The predicted octanol–water partition coefficient (Wildman–Crippen LogP) is 4.45. The Bertz CT molecular complexity index is 573. The van der Waals surface area contributed by atoms with Crippen LogP contribution in [0.2, 0.25) is 0 Å². The zero-order valence-corrected chi connectivity index (χ0v) is 12.7. The second-order valence-corrected chi connectivity index (χ2v) is 5.93. The van der Waals surface area contributed by atoms with Crippen LogP contribution in [0.4, 0.5) is 0 Å². The maximum atomic E-state index is 2.63. The van der Waals surface area contributed by atoms with E-state index < -0.39 is 0 Å². The molecule has 21 heavy (non-hydrogen) atoms. The summed E-state index contributed by atoms with van der Waals surface area (Å²) in [6.45, 7) is 3.37. The van der Waals surface area contributed by atoms with E-state index in [1.807, 2.05) is 0 Å². The third-order valence-corrected chi connectivity index (χ3v) is 4.32. The summed E-state index contributed by atoms with van der Waals surface area (Å²) < 4.78 is 0. The van der Waals surface area contributed by atoms with Crippen LogP contribution in [0.25, 0.3) is 0 Å². The first kappa shape index (κ1) is 14.1. The van der Waals surface area contributed by atoms with Gasteiger partial charge < -0.3 is 0 Å². The van der Waals surface area contributed by atoms with Crippen LogP contribution in [0.15, 0.2) is 72.8 Å². The Labute approximate surface area is 127 Å². The Morgan fingerprint density at radius 2 is 1.52 bits per heavy atom. The van der Waals surface area contributed by atoms with Crippen molar-refractivity contribution in [1.82, 2.24) is 4.90 Å². The quantitative estimate of drug-likeness (QED) is 0.746. The summed E-state index contributed by atoms with van der Waals surface area (Å²) in [6.07, 6.45) is 6.97. The van der Waals surface area contributed by atoms with E-state index in [2.05, 4.69) is 84.6 Å². The van der Waals surface area contributed by atoms with Crippen LogP contribution < -0.4 is 0 Å². The Morgan fingerprint density at radius 3 is 2.19 bits per heavy atom. The maximum Gasteiger partial charge on any atom is 0.0325 e. The van der Waals surface area contributed by atoms with E-state index in [1.54, 1.807) is 0 Å². The topological polar surface area (TPSA) is 3.24 Å². The molecule has 1 nitrogen and oxygen atoms in total. The van der Waals surface area contributed by atoms with Crippen molar-refractivity contribution < 1.29 is 0 Å². The van der Waals surface area contributed by atoms with Crippen LogP contribution in [0.5, 0.6) is 0 Å². The summed E-state index contributed by atoms with van der Waals surface area (Å²) in [7, 11) is 0. The van der Waals surface area contributed by atoms with Gasteiger partial charge in [0.2, 0.25) is 0 Å². The van der Waals surface area contributed by atoms with Gasteiger partial charge in [-0.25, -0.2) is 0 Å². The third kappa shape index (κ3) is 3.62. The lowest BCUT2D eigenvalue weighted by molar-refractivity contribution is 0.151. The van der Waals surface area contributed by atoms with Crippen molar-refractivity contribution in [2.24, 2.45) is 0 Å². The average Bonchev–Trinajstić information content (AvgIpc) is 2.53. The van der Waals surface area contributed by atoms with Gasteiger partial charge in [-0.3, -0.25) is 4.90 Å². The van der Waals surface area contributed by atoms with Gasteiger partial charge in [0.15, 0.2) is 0 Å². The zero-order valence-electron chi connectivity index (χ0n) is 12.7. The Balaban J connectivity index is 1.76. The van der Waals surface area contributed by atoms with Gasteiger partial charge in [0.1, 0.15) is 0 Å². The highest BCUT2D eigenvalue weighted by Gasteiger charge is 2.24. The number of hydrogen-bond acceptors (Lipinski definition) is 1. The first-order valence-electron chi connectivity index (χ1n) is 7.83. The fourth-order valence-electron chi connectivity index (χ4n) is 3.11. The van der Waals surface area contributed by atoms with E-state index in [0.29, 0.717) is 12.1 Å². The molecule has 0 N–H and O–H groups in total. The molecular formula is C20H23N. The van der Waals surface area contributed by atoms with Gasteiger partial charge in [-0.2, -0.15) is 0 Å². The summed E-state index contributed by atoms with van der Waals surface area (Å²) in [5.74, 6) is 0. The highest BCUT2D eigenvalue weighted by atomic mass is 15.2. The first-order chi connectivity index (χ1) is 10.3. The Morgan fingerprint density at radius 1 is 0.905 bits per heavy atom. The van der Waals surface area contributed by atoms with Gasteiger partial charge in [-0.05, 0) is 30.9 Å². The molecule has 0 saturated carbocycles. The molecule has 0 unspecified atom stereocenters. The molecule has 2 atom stereocenters. The highest BCUT2D eigenvalue weighted by Crippen LogP contribution is 2.22. The normalized spacial score (nSPS) is 22.3. The van der Waals surface area contributed by atoms with E-state index in [1.165, 1.54) is 11.1 Å². The van der Waals surface area contributed by atoms with Gasteiger partial charge in [0, 0.05) is 18.6 Å². The maximum absolute atomic E-state index is 2.63. The van der Waals surface area contributed by atoms with Crippen LogP contribution in [-0.4, -0.2) is 17.0 Å². The number of benzene rings is 2. The highest BCUT2D eigenvalue weighted by molar-refractivity contribution is 5.20. The standard InChI is InChI=1S/C20H23N/c1-17-9-8-14-20(15-18-10-4-2-5-11-18)21(17)16-19-12-6-3-7-13-19/h2-8,10-14,17,20H,9,15-16H2,1H3/t17-,20+/m1/s1. The molecule has 0 radical (unpaired) electrons. The molecule has 3 rings (SSSR count). The van der Waals surface area contributed by atoms with Crippen molar-refractivity contribution in [2.75, 3.05) is 0 Å². The van der Waals surface area contributed by atoms with Crippen LogP contribution in [-0.2, 0) is 13.0 Å². The molecule has 0 fully saturated rings. The fraction of sp³-hybridized carbons (Fsp3) is 0.300. The minimum absolute atomic E-state index is 0.497. The van der Waals surface area contributed by atoms with Gasteiger partial charge >= 0.3 is 0 Å². The lowest BCUT2D eigenvalue weighted by Gasteiger charge is -2.38. The molecule has 1 heteroatoms. The van der Waals surface area contributed by atoms with Crippen LogP contribution in [0.3, 0.4) is 0 Å². The zero-order chi connectivity index (χ0) is 14.5. The molecule has 2 aromatic carbocycles. The monoisotopic (exact) mass is 277 g/mol. The molecule has 1 aliphatic rings. The van der Waals surface area contributed by atoms with Crippen molar-refractivity contribution in [3.8, 4) is 0 Å². The molecule has 0 saturated heterocycles. The van der Waals surface area contributed by atoms with Gasteiger partial charge in [0.05, 0.1) is 0 Å². The van der Waals surface area contributed by atoms with Crippen molar-refractivity contribution in [3.05, 3.63) is 83.9 Å². The van der Waals surface area contributed by atoms with E-state index in [-0.39, 0.29) is 0 Å². The largest absolute Gasteiger partial charge is 0.289 e. The average molecular weight is 277 g/mol. The summed E-state index contributed by atoms with van der Waals surface area (Å²) in [5, 5.41) is 0. The summed E-state index contributed by atoms with van der Waals surface area (Å²) in [4.78, 5) is 2.63. The SMILES string of the molecule is C[C@@H]1CC=C[C@@H](Cc2ccccc2)N1Cc1ccccc1. The van der Waals surface area contributed by atoms with Crippen molar-refractivity contribution in [1.29, 1.82) is 0 Å². The number of rotatable bonds is 4. The summed E-state index contributed by atoms with van der Waals surface area (Å²) in [6, 6.07) is 22.7. The van der Waals surface area contributed by atoms with Gasteiger partial charge in [0.25, 0.3) is 0 Å². The van der Waals surface area contributed by atoms with Gasteiger partial charge in [-0.1, -0.05) is 72.8 Å². The van der Waals surface area contributed by atoms with E-state index in [4.69, 9.17) is 0 Å². The molecule has 0 aliphatic carbocycles. The second-order valence-electron chi connectivity index (χ2n) is 5.93. The van der Waals surface area contributed by atoms with Crippen LogP contribution in [0, 0.1) is 0 Å². The minimum Gasteiger partial charge on any atom is -0.289 e. The van der Waals surface area contributed by atoms with Crippen LogP contribution >= 0.6 is 0 Å². The molecule has 0 amide bonds.